The molecule has 9 aromatic carbocycles. The van der Waals surface area contributed by atoms with E-state index in [9.17, 15) is 0 Å². The third kappa shape index (κ3) is 5.79. The summed E-state index contributed by atoms with van der Waals surface area (Å²) in [5, 5.41) is 9.67. The van der Waals surface area contributed by atoms with Crippen LogP contribution in [0.15, 0.2) is 162 Å². The Hall–Kier alpha value is -7.11. The summed E-state index contributed by atoms with van der Waals surface area (Å²) in [6.07, 6.45) is 0. The Morgan fingerprint density at radius 1 is 0.283 bits per heavy atom. The molecule has 0 N–H and O–H groups in total. The predicted molar refractivity (Wildman–Crippen MR) is 268 cm³/mol. The lowest BCUT2D eigenvalue weighted by Crippen LogP contribution is -2.55. The van der Waals surface area contributed by atoms with Crippen LogP contribution in [0.5, 0.6) is 0 Å². The summed E-state index contributed by atoms with van der Waals surface area (Å²) in [6.45, 7) is 0. The summed E-state index contributed by atoms with van der Waals surface area (Å²) in [6, 6.07) is 55.8. The largest absolute Gasteiger partial charge is 0.456 e. The molecule has 0 saturated heterocycles. The minimum Gasteiger partial charge on any atom is -0.456 e. The summed E-state index contributed by atoms with van der Waals surface area (Å²) in [4.78, 5) is 15.2. The van der Waals surface area contributed by atoms with Crippen molar-refractivity contribution in [3.8, 4) is 56.4 Å². The molecule has 0 unspecified atom stereocenters. The van der Waals surface area contributed by atoms with E-state index in [0.717, 1.165) is 49.8 Å². The van der Waals surface area contributed by atoms with Gasteiger partial charge in [0, 0.05) is 27.5 Å². The number of furan rings is 1. The molecule has 4 nitrogen and oxygen atoms in total. The van der Waals surface area contributed by atoms with E-state index in [0.29, 0.717) is 17.5 Å². The number of nitrogens with zero attached hydrogens (tertiary/aromatic N) is 3. The minimum absolute atomic E-state index is 0.614. The van der Waals surface area contributed by atoms with Crippen LogP contribution in [0, 0.1) is 0 Å². The first kappa shape index (κ1) is 36.0. The van der Waals surface area contributed by atoms with Crippen LogP contribution < -0.4 is 27.3 Å². The second kappa shape index (κ2) is 14.0. The van der Waals surface area contributed by atoms with Gasteiger partial charge in [-0.05, 0) is 91.0 Å². The Kier molecular flexibility index (Phi) is 8.42. The van der Waals surface area contributed by atoms with E-state index >= 15 is 0 Å². The molecule has 0 amide bonds. The van der Waals surface area contributed by atoms with E-state index < -0.39 is 0 Å². The van der Waals surface area contributed by atoms with Crippen LogP contribution in [-0.4, -0.2) is 54.2 Å². The highest BCUT2D eigenvalue weighted by atomic mass is 16.3. The maximum atomic E-state index is 6.54. The van der Waals surface area contributed by atoms with Crippen molar-refractivity contribution in [2.24, 2.45) is 0 Å². The maximum Gasteiger partial charge on any atom is 0.164 e. The monoisotopic (exact) mass is 761 g/mol. The number of rotatable bonds is 5. The van der Waals surface area contributed by atoms with Gasteiger partial charge in [0.25, 0.3) is 0 Å². The van der Waals surface area contributed by atoms with Gasteiger partial charge in [-0.3, -0.25) is 0 Å². The molecule has 0 aliphatic carbocycles. The Morgan fingerprint density at radius 2 is 0.700 bits per heavy atom. The van der Waals surface area contributed by atoms with E-state index in [1.54, 1.807) is 0 Å². The second-order valence-electron chi connectivity index (χ2n) is 16.1. The summed E-state index contributed by atoms with van der Waals surface area (Å²) >= 11 is 0. The van der Waals surface area contributed by atoms with Crippen molar-refractivity contribution in [3.63, 3.8) is 0 Å². The zero-order valence-electron chi connectivity index (χ0n) is 34.3. The number of benzene rings is 9. The number of hydrogen-bond donors (Lipinski definition) is 0. The van der Waals surface area contributed by atoms with Crippen molar-refractivity contribution in [3.05, 3.63) is 158 Å². The van der Waals surface area contributed by atoms with E-state index in [2.05, 4.69) is 161 Å². The molecule has 0 bridgehead atoms. The van der Waals surface area contributed by atoms with Gasteiger partial charge in [-0.25, -0.2) is 15.0 Å². The summed E-state index contributed by atoms with van der Waals surface area (Å²) in [5.74, 6) is 1.88. The lowest BCUT2D eigenvalue weighted by Gasteiger charge is -2.20. The van der Waals surface area contributed by atoms with Gasteiger partial charge in [-0.15, -0.1) is 16.4 Å². The number of fused-ring (bicyclic) bond motifs is 9. The topological polar surface area (TPSA) is 51.8 Å². The molecule has 276 valence electrons. The Bertz CT molecular complexity index is 3490. The van der Waals surface area contributed by atoms with Gasteiger partial charge in [0.1, 0.15) is 50.4 Å². The van der Waals surface area contributed by atoms with Crippen molar-refractivity contribution < 1.29 is 4.42 Å². The van der Waals surface area contributed by atoms with Crippen molar-refractivity contribution in [2.45, 2.75) is 0 Å². The normalized spacial score (nSPS) is 11.7. The highest BCUT2D eigenvalue weighted by Gasteiger charge is 2.18. The van der Waals surface area contributed by atoms with Gasteiger partial charge in [0.05, 0.1) is 0 Å². The highest BCUT2D eigenvalue weighted by molar-refractivity contribution is 6.68. The lowest BCUT2D eigenvalue weighted by atomic mass is 9.59. The quantitative estimate of drug-likeness (QED) is 0.186. The third-order valence-electron chi connectivity index (χ3n) is 12.9. The maximum absolute atomic E-state index is 6.54. The van der Waals surface area contributed by atoms with Crippen LogP contribution in [0.4, 0.5) is 0 Å². The van der Waals surface area contributed by atoms with E-state index in [1.807, 2.05) is 36.4 Å². The molecule has 60 heavy (non-hydrogen) atoms. The third-order valence-corrected chi connectivity index (χ3v) is 12.9. The van der Waals surface area contributed by atoms with E-state index in [1.165, 1.54) is 70.8 Å². The van der Waals surface area contributed by atoms with Crippen molar-refractivity contribution in [2.75, 3.05) is 0 Å². The number of hydrogen-bond acceptors (Lipinski definition) is 4. The van der Waals surface area contributed by atoms with Crippen LogP contribution in [0.1, 0.15) is 0 Å². The first-order valence-corrected chi connectivity index (χ1v) is 20.6. The van der Waals surface area contributed by atoms with Crippen LogP contribution >= 0.6 is 0 Å². The van der Waals surface area contributed by atoms with Gasteiger partial charge >= 0.3 is 0 Å². The summed E-state index contributed by atoms with van der Waals surface area (Å²) < 4.78 is 6.54. The van der Waals surface area contributed by atoms with E-state index in [4.69, 9.17) is 19.4 Å². The first-order chi connectivity index (χ1) is 29.3. The Labute approximate surface area is 352 Å². The molecule has 0 atom stereocenters. The van der Waals surface area contributed by atoms with Gasteiger partial charge in [-0.1, -0.05) is 132 Å². The molecular formula is C51H36B5N3O. The first-order valence-electron chi connectivity index (χ1n) is 20.6. The summed E-state index contributed by atoms with van der Waals surface area (Å²) in [5.41, 5.74) is 15.9. The molecule has 9 heteroatoms. The molecule has 2 heterocycles. The van der Waals surface area contributed by atoms with Gasteiger partial charge in [0.2, 0.25) is 0 Å². The average molecular weight is 761 g/mol. The van der Waals surface area contributed by atoms with Crippen LogP contribution in [-0.2, 0) is 0 Å². The number of aromatic nitrogens is 3. The van der Waals surface area contributed by atoms with Gasteiger partial charge < -0.3 is 4.42 Å². The van der Waals surface area contributed by atoms with Gasteiger partial charge in [0.15, 0.2) is 17.5 Å². The Morgan fingerprint density at radius 3 is 1.32 bits per heavy atom. The molecule has 0 aliphatic heterocycles. The fourth-order valence-electron chi connectivity index (χ4n) is 9.25. The average Bonchev–Trinajstić information content (AvgIpc) is 3.68. The molecular weight excluding hydrogens is 725 g/mol. The molecule has 0 saturated carbocycles. The molecule has 0 spiro atoms. The zero-order chi connectivity index (χ0) is 40.6. The molecule has 0 fully saturated rings. The van der Waals surface area contributed by atoms with Crippen molar-refractivity contribution in [1.29, 1.82) is 0 Å². The van der Waals surface area contributed by atoms with Crippen LogP contribution in [0.2, 0.25) is 0 Å². The highest BCUT2D eigenvalue weighted by Crippen LogP contribution is 2.39. The standard InChI is InChI=1S/C51H36B5N3O/c52-44-43(45(53)47(55)48(56)46(44)54)27-14-16-29(17-15-27)50-57-49(28-8-2-1-3-9-28)58-51(59-50)32-20-23-41-40(25-32)38-22-19-31(26-42(38)60-41)30-18-21-37-35-12-5-4-10-33(35)34-11-6-7-13-36(34)39(37)24-30/h1-26H,52-56H2. The Balaban J connectivity index is 0.994. The SMILES string of the molecule is Bc1c(B)c(B)c(-c2ccc(-c3nc(-c4ccccc4)nc(-c4ccc5oc6cc(-c7ccc8c9ccccc9c9ccccc9c8c7)ccc6c5c4)n3)cc2)c(B)c1B. The van der Waals surface area contributed by atoms with E-state index in [-0.39, 0.29) is 0 Å². The zero-order valence-corrected chi connectivity index (χ0v) is 34.3. The second-order valence-corrected chi connectivity index (χ2v) is 16.1. The minimum atomic E-state index is 0.614. The van der Waals surface area contributed by atoms with Crippen LogP contribution in [0.3, 0.4) is 0 Å². The molecule has 2 aromatic heterocycles. The smallest absolute Gasteiger partial charge is 0.164 e. The molecule has 0 radical (unpaired) electrons. The molecule has 0 aliphatic rings. The van der Waals surface area contributed by atoms with Crippen LogP contribution in [0.25, 0.3) is 111 Å². The molecule has 11 rings (SSSR count). The summed E-state index contributed by atoms with van der Waals surface area (Å²) in [7, 11) is 11.1. The molecule has 11 aromatic rings. The van der Waals surface area contributed by atoms with Crippen molar-refractivity contribution >= 4 is 121 Å². The fraction of sp³-hybridized carbons (Fsp3) is 0. The fourth-order valence-corrected chi connectivity index (χ4v) is 9.25. The van der Waals surface area contributed by atoms with Crippen molar-refractivity contribution in [1.82, 2.24) is 15.0 Å². The lowest BCUT2D eigenvalue weighted by molar-refractivity contribution is 0.669. The predicted octanol–water partition coefficient (Wildman–Crippen LogP) is 4.86. The van der Waals surface area contributed by atoms with Gasteiger partial charge in [-0.2, -0.15) is 0 Å².